The smallest absolute Gasteiger partial charge is 0.120 e. The average Bonchev–Trinajstić information content (AvgIpc) is 2.39. The second-order valence-electron chi connectivity index (χ2n) is 5.49. The second-order valence-corrected chi connectivity index (χ2v) is 5.49. The summed E-state index contributed by atoms with van der Waals surface area (Å²) in [5.41, 5.74) is 6.87. The first-order chi connectivity index (χ1) is 8.63. The fourth-order valence-electron chi connectivity index (χ4n) is 2.87. The normalized spacial score (nSPS) is 27.1. The lowest BCUT2D eigenvalue weighted by Crippen LogP contribution is -2.43. The van der Waals surface area contributed by atoms with Gasteiger partial charge in [0.2, 0.25) is 0 Å². The van der Waals surface area contributed by atoms with E-state index in [-0.39, 0.29) is 6.04 Å². The largest absolute Gasteiger partial charge is 0.508 e. The van der Waals surface area contributed by atoms with Crippen LogP contribution in [0.2, 0.25) is 0 Å². The third-order valence-corrected chi connectivity index (χ3v) is 4.38. The minimum Gasteiger partial charge on any atom is -0.508 e. The molecule has 1 aliphatic heterocycles. The van der Waals surface area contributed by atoms with Crippen LogP contribution in [0.1, 0.15) is 31.9 Å². The predicted molar refractivity (Wildman–Crippen MR) is 74.4 cm³/mol. The summed E-state index contributed by atoms with van der Waals surface area (Å²) in [4.78, 5) is 2.44. The summed E-state index contributed by atoms with van der Waals surface area (Å²) in [7, 11) is 0. The molecule has 0 aliphatic carbocycles. The minimum atomic E-state index is 0.257. The Hall–Kier alpha value is -1.06. The van der Waals surface area contributed by atoms with E-state index in [9.17, 15) is 5.11 Å². The zero-order valence-corrected chi connectivity index (χ0v) is 11.3. The number of phenolic OH excluding ortho intramolecular Hbond substituents is 1. The molecular weight excluding hydrogens is 224 g/mol. The molecule has 1 heterocycles. The molecule has 3 heteroatoms. The summed E-state index contributed by atoms with van der Waals surface area (Å²) in [6.45, 7) is 7.34. The van der Waals surface area contributed by atoms with E-state index in [1.165, 1.54) is 6.42 Å². The van der Waals surface area contributed by atoms with Gasteiger partial charge in [-0.25, -0.2) is 0 Å². The quantitative estimate of drug-likeness (QED) is 0.863. The van der Waals surface area contributed by atoms with Crippen molar-refractivity contribution < 1.29 is 5.11 Å². The highest BCUT2D eigenvalue weighted by molar-refractivity contribution is 5.34. The Labute approximate surface area is 110 Å². The van der Waals surface area contributed by atoms with Gasteiger partial charge in [-0.15, -0.1) is 0 Å². The number of likely N-dealkylation sites (tertiary alicyclic amines) is 1. The van der Waals surface area contributed by atoms with Gasteiger partial charge in [0.25, 0.3) is 0 Å². The first-order valence-corrected chi connectivity index (χ1v) is 6.85. The highest BCUT2D eigenvalue weighted by atomic mass is 16.3. The van der Waals surface area contributed by atoms with Gasteiger partial charge < -0.3 is 10.8 Å². The van der Waals surface area contributed by atoms with Crippen LogP contribution in [-0.2, 0) is 0 Å². The Kier molecular flexibility index (Phi) is 4.25. The van der Waals surface area contributed by atoms with Gasteiger partial charge in [0.15, 0.2) is 0 Å². The van der Waals surface area contributed by atoms with E-state index >= 15 is 0 Å². The summed E-state index contributed by atoms with van der Waals surface area (Å²) in [5, 5.41) is 9.94. The molecule has 100 valence electrons. The standard InChI is InChI=1S/C15H24N2O/c1-11-7-8-17(10-13(11)9-16)12(2)14-5-3-4-6-15(14)18/h3-6,11-13,18H,7-10,16H2,1-2H3. The van der Waals surface area contributed by atoms with Crippen LogP contribution in [0.15, 0.2) is 24.3 Å². The van der Waals surface area contributed by atoms with Gasteiger partial charge >= 0.3 is 0 Å². The number of aromatic hydroxyl groups is 1. The van der Waals surface area contributed by atoms with Crippen molar-refractivity contribution >= 4 is 0 Å². The van der Waals surface area contributed by atoms with Crippen LogP contribution in [0.3, 0.4) is 0 Å². The molecule has 1 saturated heterocycles. The van der Waals surface area contributed by atoms with Gasteiger partial charge in [-0.3, -0.25) is 4.90 Å². The Bertz CT molecular complexity index is 394. The van der Waals surface area contributed by atoms with Gasteiger partial charge in [0.1, 0.15) is 5.75 Å². The lowest BCUT2D eigenvalue weighted by atomic mass is 9.86. The molecule has 0 bridgehead atoms. The Morgan fingerprint density at radius 3 is 2.83 bits per heavy atom. The van der Waals surface area contributed by atoms with Crippen molar-refractivity contribution in [1.29, 1.82) is 0 Å². The number of hydrogen-bond donors (Lipinski definition) is 2. The predicted octanol–water partition coefficient (Wildman–Crippen LogP) is 2.37. The highest BCUT2D eigenvalue weighted by Crippen LogP contribution is 2.32. The van der Waals surface area contributed by atoms with E-state index in [0.29, 0.717) is 17.6 Å². The maximum Gasteiger partial charge on any atom is 0.120 e. The number of piperidine rings is 1. The van der Waals surface area contributed by atoms with Gasteiger partial charge in [-0.05, 0) is 44.3 Å². The van der Waals surface area contributed by atoms with E-state index in [2.05, 4.69) is 18.7 Å². The number of nitrogens with zero attached hydrogens (tertiary/aromatic N) is 1. The van der Waals surface area contributed by atoms with Crippen LogP contribution in [0.5, 0.6) is 5.75 Å². The van der Waals surface area contributed by atoms with E-state index in [1.807, 2.05) is 18.2 Å². The fourth-order valence-corrected chi connectivity index (χ4v) is 2.87. The van der Waals surface area contributed by atoms with Gasteiger partial charge in [-0.1, -0.05) is 25.1 Å². The Balaban J connectivity index is 2.10. The first-order valence-electron chi connectivity index (χ1n) is 6.85. The van der Waals surface area contributed by atoms with E-state index < -0.39 is 0 Å². The number of para-hydroxylation sites is 1. The molecule has 3 unspecified atom stereocenters. The van der Waals surface area contributed by atoms with Crippen molar-refractivity contribution in [3.63, 3.8) is 0 Å². The van der Waals surface area contributed by atoms with Crippen molar-refractivity contribution in [3.8, 4) is 5.75 Å². The van der Waals surface area contributed by atoms with Crippen molar-refractivity contribution in [2.24, 2.45) is 17.6 Å². The summed E-state index contributed by atoms with van der Waals surface area (Å²) in [6.07, 6.45) is 1.19. The molecule has 3 atom stereocenters. The van der Waals surface area contributed by atoms with Crippen LogP contribution >= 0.6 is 0 Å². The number of rotatable bonds is 3. The van der Waals surface area contributed by atoms with Crippen molar-refractivity contribution in [2.75, 3.05) is 19.6 Å². The SMILES string of the molecule is CC1CCN(C(C)c2ccccc2O)CC1CN. The average molecular weight is 248 g/mol. The maximum atomic E-state index is 9.94. The van der Waals surface area contributed by atoms with Crippen molar-refractivity contribution in [1.82, 2.24) is 4.90 Å². The molecule has 3 N–H and O–H groups in total. The van der Waals surface area contributed by atoms with Crippen LogP contribution in [-0.4, -0.2) is 29.6 Å². The summed E-state index contributed by atoms with van der Waals surface area (Å²) >= 11 is 0. The third kappa shape index (κ3) is 2.68. The molecule has 0 radical (unpaired) electrons. The van der Waals surface area contributed by atoms with Crippen LogP contribution < -0.4 is 5.73 Å². The second kappa shape index (κ2) is 5.72. The molecule has 1 fully saturated rings. The Morgan fingerprint density at radius 2 is 2.17 bits per heavy atom. The number of hydrogen-bond acceptors (Lipinski definition) is 3. The third-order valence-electron chi connectivity index (χ3n) is 4.38. The fraction of sp³-hybridized carbons (Fsp3) is 0.600. The van der Waals surface area contributed by atoms with Gasteiger partial charge in [0.05, 0.1) is 0 Å². The molecule has 2 rings (SSSR count). The van der Waals surface area contributed by atoms with Crippen LogP contribution in [0.25, 0.3) is 0 Å². The van der Waals surface area contributed by atoms with Gasteiger partial charge in [0, 0.05) is 18.2 Å². The maximum absolute atomic E-state index is 9.94. The summed E-state index contributed by atoms with van der Waals surface area (Å²) in [5.74, 6) is 1.68. The lowest BCUT2D eigenvalue weighted by Gasteiger charge is -2.40. The molecule has 3 nitrogen and oxygen atoms in total. The molecule has 0 amide bonds. The molecule has 1 aromatic carbocycles. The number of phenols is 1. The minimum absolute atomic E-state index is 0.257. The molecular formula is C15H24N2O. The topological polar surface area (TPSA) is 49.5 Å². The van der Waals surface area contributed by atoms with Crippen molar-refractivity contribution in [2.45, 2.75) is 26.3 Å². The monoisotopic (exact) mass is 248 g/mol. The highest BCUT2D eigenvalue weighted by Gasteiger charge is 2.28. The van der Waals surface area contributed by atoms with Crippen LogP contribution in [0.4, 0.5) is 0 Å². The summed E-state index contributed by atoms with van der Waals surface area (Å²) < 4.78 is 0. The zero-order valence-electron chi connectivity index (χ0n) is 11.3. The lowest BCUT2D eigenvalue weighted by molar-refractivity contribution is 0.0968. The molecule has 0 saturated carbocycles. The molecule has 0 spiro atoms. The molecule has 0 aromatic heterocycles. The van der Waals surface area contributed by atoms with E-state index in [4.69, 9.17) is 5.73 Å². The number of nitrogens with two attached hydrogens (primary N) is 1. The van der Waals surface area contributed by atoms with Crippen LogP contribution in [0, 0.1) is 11.8 Å². The zero-order chi connectivity index (χ0) is 13.1. The molecule has 18 heavy (non-hydrogen) atoms. The molecule has 1 aromatic rings. The molecule has 1 aliphatic rings. The number of benzene rings is 1. The van der Waals surface area contributed by atoms with E-state index in [0.717, 1.165) is 25.2 Å². The summed E-state index contributed by atoms with van der Waals surface area (Å²) in [6, 6.07) is 7.88. The van der Waals surface area contributed by atoms with E-state index in [1.54, 1.807) is 6.07 Å². The van der Waals surface area contributed by atoms with Gasteiger partial charge in [-0.2, -0.15) is 0 Å². The Morgan fingerprint density at radius 1 is 1.44 bits per heavy atom. The van der Waals surface area contributed by atoms with Crippen molar-refractivity contribution in [3.05, 3.63) is 29.8 Å². The first kappa shape index (κ1) is 13.4.